The van der Waals surface area contributed by atoms with Crippen molar-refractivity contribution >= 4 is 27.6 Å². The summed E-state index contributed by atoms with van der Waals surface area (Å²) in [7, 11) is 0. The number of nitrogens with one attached hydrogen (secondary N) is 1. The van der Waals surface area contributed by atoms with E-state index < -0.39 is 0 Å². The zero-order valence-electron chi connectivity index (χ0n) is 15.0. The molecule has 0 aliphatic carbocycles. The summed E-state index contributed by atoms with van der Waals surface area (Å²) in [4.78, 5) is 12.8. The van der Waals surface area contributed by atoms with Gasteiger partial charge in [-0.2, -0.15) is 0 Å². The van der Waals surface area contributed by atoms with E-state index in [-0.39, 0.29) is 21.8 Å². The van der Waals surface area contributed by atoms with Crippen LogP contribution in [0.15, 0.2) is 55.1 Å². The van der Waals surface area contributed by atoms with Crippen molar-refractivity contribution in [2.75, 3.05) is 6.54 Å². The zero-order valence-corrected chi connectivity index (χ0v) is 15.8. The first-order valence-electron chi connectivity index (χ1n) is 8.38. The highest BCUT2D eigenvalue weighted by molar-refractivity contribution is 8.14. The molecule has 0 fully saturated rings. The lowest BCUT2D eigenvalue weighted by atomic mass is 9.91. The minimum Gasteiger partial charge on any atom is -0.306 e. The Balaban J connectivity index is 2.40. The van der Waals surface area contributed by atoms with Crippen molar-refractivity contribution in [3.8, 4) is 0 Å². The Labute approximate surface area is 149 Å². The number of carbonyl (C=O) groups is 1. The zero-order chi connectivity index (χ0) is 17.7. The predicted octanol–water partition coefficient (Wildman–Crippen LogP) is 5.35. The number of fused-ring (bicyclic) bond motifs is 1. The minimum atomic E-state index is -0.125. The van der Waals surface area contributed by atoms with E-state index in [0.717, 1.165) is 0 Å². The Morgan fingerprint density at radius 2 is 1.88 bits per heavy atom. The molecule has 0 bridgehead atoms. The summed E-state index contributed by atoms with van der Waals surface area (Å²) in [5.41, 5.74) is 1.17. The predicted molar refractivity (Wildman–Crippen MR) is 106 cm³/mol. The molecular formula is C21H27NOS. The molecule has 0 radical (unpaired) electrons. The quantitative estimate of drug-likeness (QED) is 0.718. The molecule has 2 atom stereocenters. The molecule has 24 heavy (non-hydrogen) atoms. The van der Waals surface area contributed by atoms with Crippen LogP contribution < -0.4 is 5.32 Å². The van der Waals surface area contributed by atoms with Gasteiger partial charge in [-0.15, -0.1) is 6.58 Å². The van der Waals surface area contributed by atoms with Crippen molar-refractivity contribution < 1.29 is 4.79 Å². The molecule has 3 heteroatoms. The molecule has 2 aromatic rings. The SMILES string of the molecule is C=CCN[C@H](c1cccc2ccccc12)[C@@H](C)C(=O)SC(C)(C)C. The Kier molecular flexibility index (Phi) is 6.25. The molecule has 2 rings (SSSR count). The van der Waals surface area contributed by atoms with Gasteiger partial charge in [0.15, 0.2) is 5.12 Å². The molecule has 0 saturated carbocycles. The molecule has 0 heterocycles. The van der Waals surface area contributed by atoms with Crippen LogP contribution in [0.1, 0.15) is 39.3 Å². The number of hydrogen-bond donors (Lipinski definition) is 1. The molecule has 0 amide bonds. The minimum absolute atomic E-state index is 0.0311. The average Bonchev–Trinajstić information content (AvgIpc) is 2.53. The number of benzene rings is 2. The molecule has 1 N–H and O–H groups in total. The van der Waals surface area contributed by atoms with Crippen molar-refractivity contribution in [1.82, 2.24) is 5.32 Å². The van der Waals surface area contributed by atoms with Crippen LogP contribution in [0.3, 0.4) is 0 Å². The van der Waals surface area contributed by atoms with Crippen LogP contribution in [0.4, 0.5) is 0 Å². The topological polar surface area (TPSA) is 29.1 Å². The first kappa shape index (κ1) is 18.8. The molecule has 0 aliphatic heterocycles. The van der Waals surface area contributed by atoms with E-state index in [1.807, 2.05) is 25.1 Å². The lowest BCUT2D eigenvalue weighted by Crippen LogP contribution is -2.32. The number of thioether (sulfide) groups is 1. The molecule has 0 aromatic heterocycles. The molecule has 0 saturated heterocycles. The lowest BCUT2D eigenvalue weighted by molar-refractivity contribution is -0.114. The normalized spacial score (nSPS) is 14.3. The fourth-order valence-corrected chi connectivity index (χ4v) is 3.74. The van der Waals surface area contributed by atoms with Crippen molar-refractivity contribution in [3.05, 3.63) is 60.7 Å². The summed E-state index contributed by atoms with van der Waals surface area (Å²) in [6.07, 6.45) is 1.84. The van der Waals surface area contributed by atoms with Crippen LogP contribution >= 0.6 is 11.8 Å². The van der Waals surface area contributed by atoms with Gasteiger partial charge in [-0.25, -0.2) is 0 Å². The highest BCUT2D eigenvalue weighted by Crippen LogP contribution is 2.34. The van der Waals surface area contributed by atoms with E-state index in [4.69, 9.17) is 0 Å². The fourth-order valence-electron chi connectivity index (χ4n) is 2.82. The van der Waals surface area contributed by atoms with Gasteiger partial charge in [0, 0.05) is 23.3 Å². The van der Waals surface area contributed by atoms with Gasteiger partial charge in [-0.3, -0.25) is 4.79 Å². The van der Waals surface area contributed by atoms with Gasteiger partial charge in [0.1, 0.15) is 0 Å². The average molecular weight is 342 g/mol. The van der Waals surface area contributed by atoms with E-state index in [0.29, 0.717) is 6.54 Å². The third kappa shape index (κ3) is 4.71. The van der Waals surface area contributed by atoms with Gasteiger partial charge in [0.05, 0.1) is 0 Å². The van der Waals surface area contributed by atoms with Crippen LogP contribution in [0.5, 0.6) is 0 Å². The molecule has 0 spiro atoms. The number of hydrogen-bond acceptors (Lipinski definition) is 3. The van der Waals surface area contributed by atoms with Crippen LogP contribution in [-0.4, -0.2) is 16.4 Å². The van der Waals surface area contributed by atoms with Gasteiger partial charge in [0.2, 0.25) is 0 Å². The second-order valence-corrected chi connectivity index (χ2v) is 8.90. The third-order valence-corrected chi connectivity index (χ3v) is 5.10. The summed E-state index contributed by atoms with van der Waals surface area (Å²) in [6.45, 7) is 12.7. The smallest absolute Gasteiger partial charge is 0.194 e. The standard InChI is InChI=1S/C21H27NOS/c1-6-14-22-19(15(2)20(23)24-21(3,4)5)18-13-9-11-16-10-7-8-12-17(16)18/h6-13,15,19,22H,1,14H2,2-5H3/t15-,19+/m1/s1. The van der Waals surface area contributed by atoms with Gasteiger partial charge in [-0.1, -0.05) is 88.0 Å². The Morgan fingerprint density at radius 3 is 2.54 bits per heavy atom. The first-order chi connectivity index (χ1) is 11.3. The van der Waals surface area contributed by atoms with Crippen molar-refractivity contribution in [2.24, 2.45) is 5.92 Å². The largest absolute Gasteiger partial charge is 0.306 e. The van der Waals surface area contributed by atoms with E-state index >= 15 is 0 Å². The summed E-state index contributed by atoms with van der Waals surface area (Å²) >= 11 is 1.42. The third-order valence-electron chi connectivity index (χ3n) is 3.92. The lowest BCUT2D eigenvalue weighted by Gasteiger charge is -2.27. The molecular weight excluding hydrogens is 314 g/mol. The van der Waals surface area contributed by atoms with Crippen molar-refractivity contribution in [3.63, 3.8) is 0 Å². The molecule has 0 unspecified atom stereocenters. The second-order valence-electron chi connectivity index (χ2n) is 7.07. The summed E-state index contributed by atoms with van der Waals surface area (Å²) in [6, 6.07) is 14.6. The maximum atomic E-state index is 12.8. The fraction of sp³-hybridized carbons (Fsp3) is 0.381. The van der Waals surface area contributed by atoms with E-state index in [1.165, 1.54) is 28.1 Å². The highest BCUT2D eigenvalue weighted by Gasteiger charge is 2.29. The molecule has 2 nitrogen and oxygen atoms in total. The van der Waals surface area contributed by atoms with Crippen LogP contribution in [0, 0.1) is 5.92 Å². The molecule has 2 aromatic carbocycles. The number of rotatable bonds is 6. The first-order valence-corrected chi connectivity index (χ1v) is 9.20. The highest BCUT2D eigenvalue weighted by atomic mass is 32.2. The van der Waals surface area contributed by atoms with Crippen LogP contribution in [0.2, 0.25) is 0 Å². The summed E-state index contributed by atoms with van der Waals surface area (Å²) in [5, 5.41) is 6.11. The monoisotopic (exact) mass is 341 g/mol. The Morgan fingerprint density at radius 1 is 1.21 bits per heavy atom. The van der Waals surface area contributed by atoms with Crippen molar-refractivity contribution in [1.29, 1.82) is 0 Å². The Bertz CT molecular complexity index is 712. The van der Waals surface area contributed by atoms with Gasteiger partial charge >= 0.3 is 0 Å². The summed E-state index contributed by atoms with van der Waals surface area (Å²) in [5.74, 6) is -0.125. The summed E-state index contributed by atoms with van der Waals surface area (Å²) < 4.78 is -0.0763. The van der Waals surface area contributed by atoms with Gasteiger partial charge in [0.25, 0.3) is 0 Å². The van der Waals surface area contributed by atoms with Crippen LogP contribution in [-0.2, 0) is 4.79 Å². The van der Waals surface area contributed by atoms with E-state index in [9.17, 15) is 4.79 Å². The maximum Gasteiger partial charge on any atom is 0.194 e. The van der Waals surface area contributed by atoms with E-state index in [1.54, 1.807) is 0 Å². The molecule has 128 valence electrons. The maximum absolute atomic E-state index is 12.8. The Hall–Kier alpha value is -1.58. The number of carbonyl (C=O) groups excluding carboxylic acids is 1. The van der Waals surface area contributed by atoms with Gasteiger partial charge < -0.3 is 5.32 Å². The second kappa shape index (κ2) is 8.00. The molecule has 0 aliphatic rings. The van der Waals surface area contributed by atoms with Crippen molar-refractivity contribution in [2.45, 2.75) is 38.5 Å². The van der Waals surface area contributed by atoms with E-state index in [2.05, 4.69) is 63.0 Å². The van der Waals surface area contributed by atoms with Gasteiger partial charge in [-0.05, 0) is 16.3 Å². The van der Waals surface area contributed by atoms with Crippen LogP contribution in [0.25, 0.3) is 10.8 Å².